The molecule has 10 heteroatoms. The van der Waals surface area contributed by atoms with Gasteiger partial charge in [0.15, 0.2) is 16.3 Å². The normalized spacial score (nSPS) is 15.3. The van der Waals surface area contributed by atoms with Crippen LogP contribution >= 0.6 is 27.3 Å². The van der Waals surface area contributed by atoms with E-state index >= 15 is 0 Å². The number of rotatable bonds is 8. The first-order valence-electron chi connectivity index (χ1n) is 11.8. The van der Waals surface area contributed by atoms with Gasteiger partial charge in [-0.05, 0) is 59.1 Å². The molecule has 0 radical (unpaired) electrons. The minimum Gasteiger partial charge on any atom is -0.504 e. The molecule has 0 aliphatic carbocycles. The number of fused-ring (bicyclic) bond motifs is 1. The number of esters is 1. The van der Waals surface area contributed by atoms with Crippen LogP contribution in [0.1, 0.15) is 43.9 Å². The zero-order valence-corrected chi connectivity index (χ0v) is 23.3. The third-order valence-electron chi connectivity index (χ3n) is 5.92. The number of thiazole rings is 1. The van der Waals surface area contributed by atoms with Crippen LogP contribution in [0, 0.1) is 0 Å². The minimum atomic E-state index is -0.750. The number of aromatic nitrogens is 1. The number of hydrogen-bond acceptors (Lipinski definition) is 8. The van der Waals surface area contributed by atoms with Gasteiger partial charge in [-0.25, -0.2) is 9.79 Å². The highest BCUT2D eigenvalue weighted by molar-refractivity contribution is 9.10. The molecule has 37 heavy (non-hydrogen) atoms. The second-order valence-electron chi connectivity index (χ2n) is 8.21. The number of aromatic hydroxyl groups is 1. The van der Waals surface area contributed by atoms with E-state index in [4.69, 9.17) is 19.2 Å². The first-order chi connectivity index (χ1) is 17.8. The molecule has 4 rings (SSSR count). The van der Waals surface area contributed by atoms with E-state index in [2.05, 4.69) is 15.9 Å². The van der Waals surface area contributed by atoms with Gasteiger partial charge in [0, 0.05) is 5.56 Å². The van der Waals surface area contributed by atoms with Crippen LogP contribution in [0.2, 0.25) is 0 Å². The van der Waals surface area contributed by atoms with Crippen molar-refractivity contribution in [3.63, 3.8) is 0 Å². The molecule has 2 aromatic carbocycles. The lowest BCUT2D eigenvalue weighted by Gasteiger charge is -2.26. The van der Waals surface area contributed by atoms with Crippen LogP contribution in [0.5, 0.6) is 17.2 Å². The SMILES string of the molecule is CCCC1=C(C(=O)OCC)[C@@H](c2ccc(OC)c(Br)c2)n2c(s/c(=C\c3cccc(OC)c3O)c2=O)=N1. The Bertz CT molecular complexity index is 1560. The van der Waals surface area contributed by atoms with Crippen LogP contribution in [0.4, 0.5) is 0 Å². The van der Waals surface area contributed by atoms with E-state index in [-0.39, 0.29) is 17.9 Å². The van der Waals surface area contributed by atoms with E-state index in [0.29, 0.717) is 54.1 Å². The predicted octanol–water partition coefficient (Wildman–Crippen LogP) is 4.06. The maximum Gasteiger partial charge on any atom is 0.338 e. The molecule has 3 aromatic rings. The molecular weight excluding hydrogens is 560 g/mol. The number of carbonyl (C=O) groups is 1. The Morgan fingerprint density at radius 1 is 1.19 bits per heavy atom. The number of methoxy groups -OCH3 is 2. The minimum absolute atomic E-state index is 0.0645. The smallest absolute Gasteiger partial charge is 0.338 e. The number of phenols is 1. The van der Waals surface area contributed by atoms with Crippen LogP contribution in [-0.2, 0) is 9.53 Å². The number of para-hydroxylation sites is 1. The molecule has 0 saturated carbocycles. The lowest BCUT2D eigenvalue weighted by molar-refractivity contribution is -0.139. The summed E-state index contributed by atoms with van der Waals surface area (Å²) in [6, 6.07) is 9.76. The van der Waals surface area contributed by atoms with Crippen LogP contribution in [0.3, 0.4) is 0 Å². The van der Waals surface area contributed by atoms with Crippen molar-refractivity contribution in [2.75, 3.05) is 20.8 Å². The monoisotopic (exact) mass is 586 g/mol. The zero-order chi connectivity index (χ0) is 26.7. The average Bonchev–Trinajstić information content (AvgIpc) is 3.19. The quantitative estimate of drug-likeness (QED) is 0.399. The highest BCUT2D eigenvalue weighted by Gasteiger charge is 2.34. The van der Waals surface area contributed by atoms with Gasteiger partial charge in [-0.15, -0.1) is 0 Å². The molecule has 0 spiro atoms. The van der Waals surface area contributed by atoms with Gasteiger partial charge in [-0.3, -0.25) is 9.36 Å². The first-order valence-corrected chi connectivity index (χ1v) is 13.4. The molecular formula is C27H27BrN2O6S. The molecule has 8 nitrogen and oxygen atoms in total. The Hall–Kier alpha value is -3.37. The Labute approximate surface area is 226 Å². The number of ether oxygens (including phenoxy) is 3. The maximum absolute atomic E-state index is 13.8. The Balaban J connectivity index is 2.01. The molecule has 1 N–H and O–H groups in total. The molecule has 0 bridgehead atoms. The summed E-state index contributed by atoms with van der Waals surface area (Å²) in [6.07, 6.45) is 2.91. The maximum atomic E-state index is 13.8. The first kappa shape index (κ1) is 26.7. The number of carbonyl (C=O) groups excluding carboxylic acids is 1. The molecule has 1 aromatic heterocycles. The number of nitrogens with zero attached hydrogens (tertiary/aromatic N) is 2. The summed E-state index contributed by atoms with van der Waals surface area (Å²) in [7, 11) is 3.03. The van der Waals surface area contributed by atoms with Crippen molar-refractivity contribution in [3.05, 3.63) is 83.0 Å². The van der Waals surface area contributed by atoms with E-state index in [1.807, 2.05) is 19.1 Å². The van der Waals surface area contributed by atoms with Gasteiger partial charge < -0.3 is 19.3 Å². The van der Waals surface area contributed by atoms with Crippen LogP contribution < -0.4 is 24.4 Å². The topological polar surface area (TPSA) is 99.4 Å². The summed E-state index contributed by atoms with van der Waals surface area (Å²) in [6.45, 7) is 3.94. The number of phenolic OH excluding ortho intramolecular Hbond substituents is 1. The third-order valence-corrected chi connectivity index (χ3v) is 7.52. The standard InChI is InChI=1S/C27H27BrN2O6S/c1-5-8-18-22(26(33)36-6-2)23(15-11-12-19(34-3)17(28)13-15)30-25(32)21(37-27(30)29-18)14-16-9-7-10-20(35-4)24(16)31/h7,9-14,23,31H,5-6,8H2,1-4H3/b21-14-/t23-/m1/s1. The van der Waals surface area contributed by atoms with Crippen molar-refractivity contribution < 1.29 is 24.1 Å². The number of allylic oxidation sites excluding steroid dienone is 1. The predicted molar refractivity (Wildman–Crippen MR) is 145 cm³/mol. The number of hydrogen-bond donors (Lipinski definition) is 1. The summed E-state index contributed by atoms with van der Waals surface area (Å²) >= 11 is 4.73. The van der Waals surface area contributed by atoms with E-state index in [0.717, 1.165) is 6.42 Å². The van der Waals surface area contributed by atoms with Gasteiger partial charge in [-0.2, -0.15) is 0 Å². The van der Waals surface area contributed by atoms with Crippen LogP contribution in [0.15, 0.2) is 61.9 Å². The van der Waals surface area contributed by atoms with Crippen molar-refractivity contribution in [2.24, 2.45) is 4.99 Å². The Morgan fingerprint density at radius 2 is 1.95 bits per heavy atom. The second kappa shape index (κ2) is 11.4. The van der Waals surface area contributed by atoms with Crippen molar-refractivity contribution in [1.82, 2.24) is 4.57 Å². The van der Waals surface area contributed by atoms with Crippen LogP contribution in [-0.4, -0.2) is 36.5 Å². The van der Waals surface area contributed by atoms with Gasteiger partial charge in [0.05, 0.1) is 47.1 Å². The van der Waals surface area contributed by atoms with Gasteiger partial charge in [0.2, 0.25) is 0 Å². The molecule has 0 amide bonds. The molecule has 1 aliphatic heterocycles. The molecule has 2 heterocycles. The van der Waals surface area contributed by atoms with Crippen molar-refractivity contribution in [3.8, 4) is 17.2 Å². The highest BCUT2D eigenvalue weighted by atomic mass is 79.9. The van der Waals surface area contributed by atoms with Crippen LogP contribution in [0.25, 0.3) is 6.08 Å². The van der Waals surface area contributed by atoms with E-state index in [1.165, 1.54) is 23.0 Å². The molecule has 0 unspecified atom stereocenters. The fraction of sp³-hybridized carbons (Fsp3) is 0.296. The highest BCUT2D eigenvalue weighted by Crippen LogP contribution is 2.36. The summed E-state index contributed by atoms with van der Waals surface area (Å²) in [5, 5.41) is 10.6. The molecule has 1 atom stereocenters. The molecule has 0 saturated heterocycles. The fourth-order valence-corrected chi connectivity index (χ4v) is 5.82. The van der Waals surface area contributed by atoms with Crippen molar-refractivity contribution >= 4 is 39.3 Å². The van der Waals surface area contributed by atoms with E-state index < -0.39 is 12.0 Å². The van der Waals surface area contributed by atoms with Crippen molar-refractivity contribution in [1.29, 1.82) is 0 Å². The largest absolute Gasteiger partial charge is 0.504 e. The molecule has 194 valence electrons. The zero-order valence-electron chi connectivity index (χ0n) is 20.9. The lowest BCUT2D eigenvalue weighted by Crippen LogP contribution is -2.40. The lowest BCUT2D eigenvalue weighted by atomic mass is 9.94. The summed E-state index contributed by atoms with van der Waals surface area (Å²) in [5.74, 6) is 0.356. The molecule has 1 aliphatic rings. The summed E-state index contributed by atoms with van der Waals surface area (Å²) in [5.41, 5.74) is 1.74. The summed E-state index contributed by atoms with van der Waals surface area (Å²) in [4.78, 5) is 32.3. The Morgan fingerprint density at radius 3 is 2.59 bits per heavy atom. The van der Waals surface area contributed by atoms with E-state index in [9.17, 15) is 14.7 Å². The average molecular weight is 587 g/mol. The van der Waals surface area contributed by atoms with Gasteiger partial charge >= 0.3 is 5.97 Å². The molecule has 0 fully saturated rings. The van der Waals surface area contributed by atoms with Crippen molar-refractivity contribution in [2.45, 2.75) is 32.7 Å². The Kier molecular flexibility index (Phi) is 8.19. The summed E-state index contributed by atoms with van der Waals surface area (Å²) < 4.78 is 18.6. The third kappa shape index (κ3) is 5.08. The number of halogens is 1. The van der Waals surface area contributed by atoms with E-state index in [1.54, 1.807) is 44.4 Å². The second-order valence-corrected chi connectivity index (χ2v) is 10.1. The van der Waals surface area contributed by atoms with Gasteiger partial charge in [-0.1, -0.05) is 42.9 Å². The fourth-order valence-electron chi connectivity index (χ4n) is 4.25. The van der Waals surface area contributed by atoms with Gasteiger partial charge in [0.1, 0.15) is 5.75 Å². The number of benzene rings is 2. The van der Waals surface area contributed by atoms with Gasteiger partial charge in [0.25, 0.3) is 5.56 Å².